The minimum atomic E-state index is 0.923. The van der Waals surface area contributed by atoms with Gasteiger partial charge in [-0.05, 0) is 40.8 Å². The molecule has 0 heterocycles. The van der Waals surface area contributed by atoms with Gasteiger partial charge in [-0.25, -0.2) is 0 Å². The lowest BCUT2D eigenvalue weighted by molar-refractivity contribution is 1.26. The van der Waals surface area contributed by atoms with E-state index >= 15 is 0 Å². The first-order chi connectivity index (χ1) is 10.8. The summed E-state index contributed by atoms with van der Waals surface area (Å²) in [5.41, 5.74) is 5.10. The molecule has 0 aliphatic carbocycles. The van der Waals surface area contributed by atoms with E-state index in [-0.39, 0.29) is 0 Å². The Bertz CT molecular complexity index is 699. The molecule has 0 fully saturated rings. The van der Waals surface area contributed by atoms with Gasteiger partial charge in [-0.15, -0.1) is 0 Å². The molecule has 0 N–H and O–H groups in total. The first-order valence-corrected chi connectivity index (χ1v) is 8.18. The van der Waals surface area contributed by atoms with Crippen molar-refractivity contribution in [3.8, 4) is 0 Å². The zero-order chi connectivity index (χ0) is 15.2. The molecule has 0 aromatic heterocycles. The highest BCUT2D eigenvalue weighted by atomic mass is 79.9. The van der Waals surface area contributed by atoms with Gasteiger partial charge < -0.3 is 0 Å². The van der Waals surface area contributed by atoms with Crippen molar-refractivity contribution in [3.05, 3.63) is 112 Å². The Hall–Kier alpha value is -2.12. The normalized spacial score (nSPS) is 10.2. The molecule has 0 aliphatic heterocycles. The summed E-state index contributed by atoms with van der Waals surface area (Å²) in [6, 6.07) is 29.6. The maximum atomic E-state index is 3.48. The third-order valence-corrected chi connectivity index (χ3v) is 4.15. The number of benzene rings is 3. The monoisotopic (exact) mass is 348 g/mol. The zero-order valence-corrected chi connectivity index (χ0v) is 13.8. The van der Waals surface area contributed by atoms with Gasteiger partial charge in [0.15, 0.2) is 0 Å². The SMILES string of the molecule is Brc1ccc(CC=C(c2ccccc2)c2ccccc2)cc1. The molecule has 0 bridgehead atoms. The van der Waals surface area contributed by atoms with Crippen molar-refractivity contribution in [2.24, 2.45) is 0 Å². The summed E-state index contributed by atoms with van der Waals surface area (Å²) in [6.07, 6.45) is 3.24. The highest BCUT2D eigenvalue weighted by molar-refractivity contribution is 9.10. The van der Waals surface area contributed by atoms with Crippen LogP contribution in [0.15, 0.2) is 95.5 Å². The van der Waals surface area contributed by atoms with E-state index in [0.717, 1.165) is 10.9 Å². The maximum Gasteiger partial charge on any atom is 0.0175 e. The summed E-state index contributed by atoms with van der Waals surface area (Å²) in [6.45, 7) is 0. The lowest BCUT2D eigenvalue weighted by Crippen LogP contribution is -1.90. The average molecular weight is 349 g/mol. The third kappa shape index (κ3) is 3.75. The number of halogens is 1. The molecule has 3 aromatic carbocycles. The molecule has 0 radical (unpaired) electrons. The van der Waals surface area contributed by atoms with Crippen molar-refractivity contribution in [1.82, 2.24) is 0 Å². The average Bonchev–Trinajstić information content (AvgIpc) is 2.59. The van der Waals surface area contributed by atoms with Crippen molar-refractivity contribution < 1.29 is 0 Å². The summed E-state index contributed by atoms with van der Waals surface area (Å²) in [5, 5.41) is 0. The molecule has 1 heteroatoms. The van der Waals surface area contributed by atoms with Crippen LogP contribution < -0.4 is 0 Å². The van der Waals surface area contributed by atoms with E-state index in [2.05, 4.69) is 107 Å². The lowest BCUT2D eigenvalue weighted by Gasteiger charge is -2.09. The Kier molecular flexibility index (Phi) is 4.87. The summed E-state index contributed by atoms with van der Waals surface area (Å²) in [4.78, 5) is 0. The van der Waals surface area contributed by atoms with E-state index in [4.69, 9.17) is 0 Å². The Morgan fingerprint density at radius 2 is 1.18 bits per heavy atom. The number of allylic oxidation sites excluding steroid dienone is 1. The molecular weight excluding hydrogens is 332 g/mol. The van der Waals surface area contributed by atoms with Crippen molar-refractivity contribution >= 4 is 21.5 Å². The molecule has 0 unspecified atom stereocenters. The van der Waals surface area contributed by atoms with Crippen molar-refractivity contribution in [1.29, 1.82) is 0 Å². The zero-order valence-electron chi connectivity index (χ0n) is 12.2. The van der Waals surface area contributed by atoms with E-state index in [1.165, 1.54) is 22.3 Å². The summed E-state index contributed by atoms with van der Waals surface area (Å²) in [7, 11) is 0. The van der Waals surface area contributed by atoms with E-state index in [9.17, 15) is 0 Å². The fourth-order valence-corrected chi connectivity index (χ4v) is 2.74. The quantitative estimate of drug-likeness (QED) is 0.532. The summed E-state index contributed by atoms with van der Waals surface area (Å²) in [5.74, 6) is 0. The van der Waals surface area contributed by atoms with E-state index in [1.807, 2.05) is 0 Å². The van der Waals surface area contributed by atoms with Crippen LogP contribution in [0, 0.1) is 0 Å². The van der Waals surface area contributed by atoms with Gasteiger partial charge in [0.05, 0.1) is 0 Å². The van der Waals surface area contributed by atoms with Crippen molar-refractivity contribution in [2.45, 2.75) is 6.42 Å². The van der Waals surface area contributed by atoms with Gasteiger partial charge in [-0.2, -0.15) is 0 Å². The minimum Gasteiger partial charge on any atom is -0.0717 e. The van der Waals surface area contributed by atoms with Gasteiger partial charge in [0.25, 0.3) is 0 Å². The Balaban J connectivity index is 1.95. The van der Waals surface area contributed by atoms with Crippen LogP contribution in [0.3, 0.4) is 0 Å². The van der Waals surface area contributed by atoms with Gasteiger partial charge in [-0.1, -0.05) is 94.8 Å². The number of hydrogen-bond donors (Lipinski definition) is 0. The summed E-state index contributed by atoms with van der Waals surface area (Å²) < 4.78 is 1.12. The van der Waals surface area contributed by atoms with Crippen molar-refractivity contribution in [3.63, 3.8) is 0 Å². The van der Waals surface area contributed by atoms with Gasteiger partial charge >= 0.3 is 0 Å². The molecule has 3 aromatic rings. The molecule has 0 aliphatic rings. The van der Waals surface area contributed by atoms with Crippen LogP contribution in [0.4, 0.5) is 0 Å². The van der Waals surface area contributed by atoms with Gasteiger partial charge in [0.1, 0.15) is 0 Å². The lowest BCUT2D eigenvalue weighted by atomic mass is 9.96. The summed E-state index contributed by atoms with van der Waals surface area (Å²) >= 11 is 3.48. The molecule has 3 rings (SSSR count). The Morgan fingerprint density at radius 1 is 0.682 bits per heavy atom. The Labute approximate surface area is 140 Å². The highest BCUT2D eigenvalue weighted by Gasteiger charge is 2.04. The molecule has 0 spiro atoms. The van der Waals surface area contributed by atoms with Gasteiger partial charge in [-0.3, -0.25) is 0 Å². The molecule has 0 amide bonds. The fraction of sp³-hybridized carbons (Fsp3) is 0.0476. The molecule has 0 saturated carbocycles. The van der Waals surface area contributed by atoms with Gasteiger partial charge in [0, 0.05) is 4.47 Å². The van der Waals surface area contributed by atoms with Crippen LogP contribution in [0.1, 0.15) is 16.7 Å². The highest BCUT2D eigenvalue weighted by Crippen LogP contribution is 2.24. The molecule has 108 valence electrons. The number of hydrogen-bond acceptors (Lipinski definition) is 0. The largest absolute Gasteiger partial charge is 0.0717 e. The smallest absolute Gasteiger partial charge is 0.0175 e. The minimum absolute atomic E-state index is 0.923. The molecule has 0 nitrogen and oxygen atoms in total. The fourth-order valence-electron chi connectivity index (χ4n) is 2.48. The van der Waals surface area contributed by atoms with Crippen LogP contribution >= 0.6 is 15.9 Å². The second-order valence-corrected chi connectivity index (χ2v) is 6.10. The van der Waals surface area contributed by atoms with Crippen molar-refractivity contribution in [2.75, 3.05) is 0 Å². The maximum absolute atomic E-state index is 3.48. The van der Waals surface area contributed by atoms with E-state index in [1.54, 1.807) is 0 Å². The third-order valence-electron chi connectivity index (χ3n) is 3.62. The molecule has 0 saturated heterocycles. The second-order valence-electron chi connectivity index (χ2n) is 5.18. The molecule has 0 atom stereocenters. The molecule has 22 heavy (non-hydrogen) atoms. The first-order valence-electron chi connectivity index (χ1n) is 7.38. The number of rotatable bonds is 4. The predicted octanol–water partition coefficient (Wildman–Crippen LogP) is 6.12. The van der Waals surface area contributed by atoms with E-state index < -0.39 is 0 Å². The predicted molar refractivity (Wildman–Crippen MR) is 97.8 cm³/mol. The van der Waals surface area contributed by atoms with Crippen LogP contribution in [0.2, 0.25) is 0 Å². The Morgan fingerprint density at radius 3 is 1.68 bits per heavy atom. The van der Waals surface area contributed by atoms with Crippen LogP contribution in [0.5, 0.6) is 0 Å². The van der Waals surface area contributed by atoms with E-state index in [0.29, 0.717) is 0 Å². The topological polar surface area (TPSA) is 0 Å². The first kappa shape index (κ1) is 14.8. The van der Waals surface area contributed by atoms with Crippen LogP contribution in [-0.2, 0) is 6.42 Å². The molecular formula is C21H17Br. The second kappa shape index (κ2) is 7.24. The van der Waals surface area contributed by atoms with Crippen LogP contribution in [-0.4, -0.2) is 0 Å². The van der Waals surface area contributed by atoms with Gasteiger partial charge in [0.2, 0.25) is 0 Å². The standard InChI is InChI=1S/C21H17Br/c22-20-14-11-17(12-15-20)13-16-21(18-7-3-1-4-8-18)19-9-5-2-6-10-19/h1-12,14-16H,13H2. The van der Waals surface area contributed by atoms with Crippen LogP contribution in [0.25, 0.3) is 5.57 Å².